The third-order valence-corrected chi connectivity index (χ3v) is 2.85. The van der Waals surface area contributed by atoms with E-state index in [2.05, 4.69) is 17.4 Å². The molecule has 18 heavy (non-hydrogen) atoms. The molecule has 0 atom stereocenters. The standard InChI is InChI=1S/C12H11NO3S.ClH/c1-15-12(14)8-5-7(6-9(13)11(8)17)10-3-2-4-16-10;/h2-6,17H,13H2,1H3;1H. The Labute approximate surface area is 116 Å². The second-order valence-corrected chi connectivity index (χ2v) is 3.88. The minimum absolute atomic E-state index is 0. The van der Waals surface area contributed by atoms with Gasteiger partial charge in [0.1, 0.15) is 5.76 Å². The van der Waals surface area contributed by atoms with Crippen molar-refractivity contribution in [1.82, 2.24) is 0 Å². The fraction of sp³-hybridized carbons (Fsp3) is 0.0833. The Morgan fingerprint density at radius 3 is 2.72 bits per heavy atom. The SMILES string of the molecule is COC(=O)c1cc(-c2ccco2)cc(N)c1S.Cl. The molecule has 0 bridgehead atoms. The van der Waals surface area contributed by atoms with E-state index in [4.69, 9.17) is 10.2 Å². The Morgan fingerprint density at radius 2 is 2.17 bits per heavy atom. The van der Waals surface area contributed by atoms with Crippen molar-refractivity contribution < 1.29 is 13.9 Å². The van der Waals surface area contributed by atoms with Crippen LogP contribution in [0.15, 0.2) is 39.8 Å². The van der Waals surface area contributed by atoms with Gasteiger partial charge in [-0.2, -0.15) is 0 Å². The maximum atomic E-state index is 11.6. The Bertz CT molecular complexity index is 555. The van der Waals surface area contributed by atoms with Gasteiger partial charge in [0.15, 0.2) is 0 Å². The molecule has 0 unspecified atom stereocenters. The second kappa shape index (κ2) is 5.84. The number of esters is 1. The minimum Gasteiger partial charge on any atom is -0.465 e. The number of halogens is 1. The average molecular weight is 286 g/mol. The molecule has 6 heteroatoms. The van der Waals surface area contributed by atoms with Gasteiger partial charge in [-0.15, -0.1) is 25.0 Å². The number of hydrogen-bond acceptors (Lipinski definition) is 5. The molecule has 2 aromatic rings. The first-order chi connectivity index (χ1) is 8.13. The van der Waals surface area contributed by atoms with Crippen molar-refractivity contribution in [2.45, 2.75) is 4.90 Å². The van der Waals surface area contributed by atoms with E-state index in [1.807, 2.05) is 0 Å². The number of rotatable bonds is 2. The molecular formula is C12H12ClNO3S. The summed E-state index contributed by atoms with van der Waals surface area (Å²) in [6.45, 7) is 0. The van der Waals surface area contributed by atoms with Crippen LogP contribution in [-0.2, 0) is 4.74 Å². The van der Waals surface area contributed by atoms with Crippen LogP contribution < -0.4 is 5.73 Å². The van der Waals surface area contributed by atoms with Crippen molar-refractivity contribution in [3.63, 3.8) is 0 Å². The largest absolute Gasteiger partial charge is 0.465 e. The molecule has 2 rings (SSSR count). The zero-order valence-corrected chi connectivity index (χ0v) is 11.3. The first-order valence-corrected chi connectivity index (χ1v) is 5.33. The highest BCUT2D eigenvalue weighted by molar-refractivity contribution is 7.80. The highest BCUT2D eigenvalue weighted by Crippen LogP contribution is 2.30. The van der Waals surface area contributed by atoms with Crippen molar-refractivity contribution in [2.24, 2.45) is 0 Å². The topological polar surface area (TPSA) is 65.5 Å². The van der Waals surface area contributed by atoms with Gasteiger partial charge < -0.3 is 14.9 Å². The number of anilines is 1. The summed E-state index contributed by atoms with van der Waals surface area (Å²) >= 11 is 4.19. The summed E-state index contributed by atoms with van der Waals surface area (Å²) in [6.07, 6.45) is 1.55. The van der Waals surface area contributed by atoms with Crippen LogP contribution in [0.4, 0.5) is 5.69 Å². The van der Waals surface area contributed by atoms with Gasteiger partial charge in [0.05, 0.1) is 18.9 Å². The Balaban J connectivity index is 0.00000162. The van der Waals surface area contributed by atoms with Crippen LogP contribution in [0.3, 0.4) is 0 Å². The smallest absolute Gasteiger partial charge is 0.339 e. The second-order valence-electron chi connectivity index (χ2n) is 3.43. The van der Waals surface area contributed by atoms with Crippen molar-refractivity contribution in [3.8, 4) is 11.3 Å². The van der Waals surface area contributed by atoms with Gasteiger partial charge in [-0.1, -0.05) is 0 Å². The number of thiol groups is 1. The van der Waals surface area contributed by atoms with Crippen LogP contribution in [0.2, 0.25) is 0 Å². The van der Waals surface area contributed by atoms with Crippen LogP contribution in [0.25, 0.3) is 11.3 Å². The number of carbonyl (C=O) groups is 1. The summed E-state index contributed by atoms with van der Waals surface area (Å²) in [5, 5.41) is 0. The van der Waals surface area contributed by atoms with Crippen LogP contribution in [0.5, 0.6) is 0 Å². The monoisotopic (exact) mass is 285 g/mol. The molecule has 0 saturated heterocycles. The molecule has 2 N–H and O–H groups in total. The van der Waals surface area contributed by atoms with E-state index >= 15 is 0 Å². The molecule has 0 saturated carbocycles. The Kier molecular flexibility index (Phi) is 4.69. The molecule has 4 nitrogen and oxygen atoms in total. The molecule has 0 aliphatic heterocycles. The molecule has 1 heterocycles. The predicted octanol–water partition coefficient (Wildman–Crippen LogP) is 3.03. The number of nitrogen functional groups attached to an aromatic ring is 1. The first kappa shape index (κ1) is 14.5. The number of carbonyl (C=O) groups excluding carboxylic acids is 1. The maximum Gasteiger partial charge on any atom is 0.339 e. The van der Waals surface area contributed by atoms with E-state index in [9.17, 15) is 4.79 Å². The normalized spacial score (nSPS) is 9.67. The number of methoxy groups -OCH3 is 1. The molecule has 96 valence electrons. The van der Waals surface area contributed by atoms with Crippen LogP contribution in [0, 0.1) is 0 Å². The minimum atomic E-state index is -0.477. The number of furan rings is 1. The molecular weight excluding hydrogens is 274 g/mol. The fourth-order valence-electron chi connectivity index (χ4n) is 1.51. The molecule has 0 aliphatic carbocycles. The maximum absolute atomic E-state index is 11.6. The predicted molar refractivity (Wildman–Crippen MR) is 74.4 cm³/mol. The van der Waals surface area contributed by atoms with Gasteiger partial charge in [0, 0.05) is 16.1 Å². The Hall–Kier alpha value is -1.59. The van der Waals surface area contributed by atoms with Crippen LogP contribution in [-0.4, -0.2) is 13.1 Å². The van der Waals surface area contributed by atoms with E-state index in [0.717, 1.165) is 0 Å². The van der Waals surface area contributed by atoms with Gasteiger partial charge in [-0.05, 0) is 24.3 Å². The summed E-state index contributed by atoms with van der Waals surface area (Å²) in [4.78, 5) is 12.0. The molecule has 0 spiro atoms. The van der Waals surface area contributed by atoms with Crippen LogP contribution in [0.1, 0.15) is 10.4 Å². The number of hydrogen-bond donors (Lipinski definition) is 2. The average Bonchev–Trinajstić information content (AvgIpc) is 2.85. The van der Waals surface area contributed by atoms with E-state index in [1.165, 1.54) is 7.11 Å². The molecule has 0 aliphatic rings. The summed E-state index contributed by atoms with van der Waals surface area (Å²) < 4.78 is 9.92. The van der Waals surface area contributed by atoms with Crippen molar-refractivity contribution >= 4 is 36.7 Å². The number of ether oxygens (including phenoxy) is 1. The zero-order valence-electron chi connectivity index (χ0n) is 9.54. The van der Waals surface area contributed by atoms with E-state index in [0.29, 0.717) is 27.5 Å². The molecule has 1 aromatic carbocycles. The number of nitrogens with two attached hydrogens (primary N) is 1. The molecule has 0 radical (unpaired) electrons. The summed E-state index contributed by atoms with van der Waals surface area (Å²) in [5.41, 5.74) is 7.23. The van der Waals surface area contributed by atoms with E-state index in [-0.39, 0.29) is 12.4 Å². The number of benzene rings is 1. The third kappa shape index (κ3) is 2.63. The van der Waals surface area contributed by atoms with Gasteiger partial charge >= 0.3 is 5.97 Å². The lowest BCUT2D eigenvalue weighted by molar-refractivity contribution is 0.0597. The van der Waals surface area contributed by atoms with Crippen LogP contribution >= 0.6 is 25.0 Å². The summed E-state index contributed by atoms with van der Waals surface area (Å²) in [7, 11) is 1.31. The van der Waals surface area contributed by atoms with Crippen molar-refractivity contribution in [3.05, 3.63) is 36.1 Å². The fourth-order valence-corrected chi connectivity index (χ4v) is 1.73. The molecule has 1 aromatic heterocycles. The van der Waals surface area contributed by atoms with Crippen molar-refractivity contribution in [1.29, 1.82) is 0 Å². The van der Waals surface area contributed by atoms with Crippen molar-refractivity contribution in [2.75, 3.05) is 12.8 Å². The lowest BCUT2D eigenvalue weighted by atomic mass is 10.1. The molecule has 0 amide bonds. The zero-order chi connectivity index (χ0) is 12.4. The van der Waals surface area contributed by atoms with Gasteiger partial charge in [0.2, 0.25) is 0 Å². The van der Waals surface area contributed by atoms with Gasteiger partial charge in [-0.3, -0.25) is 0 Å². The highest BCUT2D eigenvalue weighted by atomic mass is 35.5. The third-order valence-electron chi connectivity index (χ3n) is 2.35. The summed E-state index contributed by atoms with van der Waals surface area (Å²) in [6, 6.07) is 6.89. The van der Waals surface area contributed by atoms with Gasteiger partial charge in [0.25, 0.3) is 0 Å². The highest BCUT2D eigenvalue weighted by Gasteiger charge is 2.15. The van der Waals surface area contributed by atoms with E-state index < -0.39 is 5.97 Å². The Morgan fingerprint density at radius 1 is 1.44 bits per heavy atom. The van der Waals surface area contributed by atoms with E-state index in [1.54, 1.807) is 30.5 Å². The van der Waals surface area contributed by atoms with Gasteiger partial charge in [-0.25, -0.2) is 4.79 Å². The molecule has 0 fully saturated rings. The quantitative estimate of drug-likeness (QED) is 0.506. The lowest BCUT2D eigenvalue weighted by Gasteiger charge is -2.08. The summed E-state index contributed by atoms with van der Waals surface area (Å²) in [5.74, 6) is 0.158. The lowest BCUT2D eigenvalue weighted by Crippen LogP contribution is -2.04. The first-order valence-electron chi connectivity index (χ1n) is 4.88.